The normalized spacial score (nSPS) is 13.6. The first-order valence-electron chi connectivity index (χ1n) is 18.8. The van der Waals surface area contributed by atoms with E-state index in [-0.39, 0.29) is 49.3 Å². The third-order valence-electron chi connectivity index (χ3n) is 9.49. The van der Waals surface area contributed by atoms with Crippen LogP contribution in [0.4, 0.5) is 33.7 Å². The van der Waals surface area contributed by atoms with Crippen molar-refractivity contribution >= 4 is 17.4 Å². The molecule has 1 aliphatic heterocycles. The van der Waals surface area contributed by atoms with Crippen LogP contribution in [0.1, 0.15) is 34.9 Å². The van der Waals surface area contributed by atoms with Crippen LogP contribution in [0, 0.1) is 12.7 Å². The van der Waals surface area contributed by atoms with E-state index in [0.717, 1.165) is 36.8 Å². The van der Waals surface area contributed by atoms with Gasteiger partial charge in [0.05, 0.1) is 49.2 Å². The molecule has 0 unspecified atom stereocenters. The van der Waals surface area contributed by atoms with E-state index >= 15 is 4.39 Å². The molecule has 6 rings (SSSR count). The van der Waals surface area contributed by atoms with E-state index in [1.54, 1.807) is 20.1 Å². The van der Waals surface area contributed by atoms with Crippen LogP contribution in [0.15, 0.2) is 85.2 Å². The average Bonchev–Trinajstić information content (AvgIpc) is 3.22. The summed E-state index contributed by atoms with van der Waals surface area (Å²) in [4.78, 5) is 30.4. The fourth-order valence-electron chi connectivity index (χ4n) is 6.23. The van der Waals surface area contributed by atoms with Gasteiger partial charge in [0.2, 0.25) is 0 Å². The van der Waals surface area contributed by atoms with Crippen LogP contribution in [0.2, 0.25) is 0 Å². The summed E-state index contributed by atoms with van der Waals surface area (Å²) < 4.78 is 80.8. The van der Waals surface area contributed by atoms with E-state index in [1.807, 2.05) is 66.4 Å². The Morgan fingerprint density at radius 2 is 1.53 bits per heavy atom. The van der Waals surface area contributed by atoms with Crippen LogP contribution in [0.3, 0.4) is 0 Å². The number of nitrogens with zero attached hydrogens (tertiary/aromatic N) is 5. The number of likely N-dealkylation sites (N-methyl/N-ethyl adjacent to an activating group) is 1. The van der Waals surface area contributed by atoms with Gasteiger partial charge in [-0.15, -0.1) is 0 Å². The lowest BCUT2D eigenvalue weighted by Gasteiger charge is -2.34. The number of piperazine rings is 1. The van der Waals surface area contributed by atoms with E-state index in [0.29, 0.717) is 48.5 Å². The molecule has 2 amide bonds. The molecule has 3 aromatic carbocycles. The molecule has 58 heavy (non-hydrogen) atoms. The molecule has 0 saturated carbocycles. The highest BCUT2D eigenvalue weighted by Gasteiger charge is 2.35. The highest BCUT2D eigenvalue weighted by molar-refractivity contribution is 6.00. The van der Waals surface area contributed by atoms with Gasteiger partial charge in [0.15, 0.2) is 11.6 Å². The van der Waals surface area contributed by atoms with Crippen molar-refractivity contribution in [1.29, 1.82) is 0 Å². The summed E-state index contributed by atoms with van der Waals surface area (Å²) in [5.41, 5.74) is 1.04. The summed E-state index contributed by atoms with van der Waals surface area (Å²) in [6, 6.07) is 19.3. The maximum Gasteiger partial charge on any atom is 0.416 e. The fraction of sp³-hybridized carbons (Fsp3) is 0.333. The summed E-state index contributed by atoms with van der Waals surface area (Å²) in [7, 11) is 1.59. The molecule has 12 nitrogen and oxygen atoms in total. The molecule has 2 aromatic heterocycles. The second-order valence-corrected chi connectivity index (χ2v) is 13.5. The van der Waals surface area contributed by atoms with Gasteiger partial charge in [-0.1, -0.05) is 49.4 Å². The Balaban J connectivity index is 1.13. The number of ether oxygens (including phenoxy) is 4. The van der Waals surface area contributed by atoms with Crippen LogP contribution in [-0.4, -0.2) is 83.8 Å². The van der Waals surface area contributed by atoms with Crippen molar-refractivity contribution in [2.45, 2.75) is 39.8 Å². The molecule has 1 fully saturated rings. The molecule has 3 heterocycles. The minimum absolute atomic E-state index is 0.0650. The number of aromatic nitrogens is 3. The summed E-state index contributed by atoms with van der Waals surface area (Å²) in [5, 5.41) is 4.72. The molecule has 16 heteroatoms. The smallest absolute Gasteiger partial charge is 0.416 e. The molecule has 0 spiro atoms. The van der Waals surface area contributed by atoms with Crippen molar-refractivity contribution in [2.75, 3.05) is 63.7 Å². The average molecular weight is 804 g/mol. The highest BCUT2D eigenvalue weighted by atomic mass is 19.4. The second-order valence-electron chi connectivity index (χ2n) is 13.5. The van der Waals surface area contributed by atoms with E-state index < -0.39 is 29.3 Å². The number of urea groups is 1. The van der Waals surface area contributed by atoms with Crippen LogP contribution >= 0.6 is 0 Å². The highest BCUT2D eigenvalue weighted by Crippen LogP contribution is 2.36. The maximum atomic E-state index is 15.2. The molecule has 0 radical (unpaired) electrons. The van der Waals surface area contributed by atoms with Crippen molar-refractivity contribution in [1.82, 2.24) is 24.8 Å². The maximum absolute atomic E-state index is 15.2. The number of hydrogen-bond acceptors (Lipinski definition) is 10. The third-order valence-corrected chi connectivity index (χ3v) is 9.49. The van der Waals surface area contributed by atoms with E-state index in [9.17, 15) is 18.0 Å². The minimum Gasteiger partial charge on any atom is -0.497 e. The Kier molecular flexibility index (Phi) is 14.1. The quantitative estimate of drug-likeness (QED) is 0.0751. The number of amides is 2. The molecule has 5 aromatic rings. The van der Waals surface area contributed by atoms with Crippen molar-refractivity contribution in [3.63, 3.8) is 0 Å². The van der Waals surface area contributed by atoms with Crippen LogP contribution in [0.25, 0.3) is 11.4 Å². The third kappa shape index (κ3) is 11.4. The first-order valence-corrected chi connectivity index (χ1v) is 18.8. The zero-order valence-corrected chi connectivity index (χ0v) is 32.4. The number of alkyl halides is 3. The zero-order valence-electron chi connectivity index (χ0n) is 32.4. The summed E-state index contributed by atoms with van der Waals surface area (Å²) in [6.45, 7) is 8.10. The molecule has 0 aliphatic carbocycles. The van der Waals surface area contributed by atoms with Crippen molar-refractivity contribution in [3.05, 3.63) is 119 Å². The Hall–Kier alpha value is -5.84. The van der Waals surface area contributed by atoms with Gasteiger partial charge in [0, 0.05) is 44.5 Å². The predicted octanol–water partition coefficient (Wildman–Crippen LogP) is 7.97. The molecular formula is C42H45F4N7O5. The number of nitrogens with one attached hydrogen (secondary N) is 2. The fourth-order valence-corrected chi connectivity index (χ4v) is 6.23. The monoisotopic (exact) mass is 803 g/mol. The number of carbonyl (C=O) groups is 1. The predicted molar refractivity (Wildman–Crippen MR) is 210 cm³/mol. The second kappa shape index (κ2) is 19.5. The van der Waals surface area contributed by atoms with Gasteiger partial charge >= 0.3 is 12.2 Å². The lowest BCUT2D eigenvalue weighted by atomic mass is 10.0. The van der Waals surface area contributed by atoms with Crippen LogP contribution in [0.5, 0.6) is 17.4 Å². The summed E-state index contributed by atoms with van der Waals surface area (Å²) in [6.07, 6.45) is -1.91. The Labute approximate surface area is 334 Å². The Morgan fingerprint density at radius 3 is 2.22 bits per heavy atom. The molecule has 1 saturated heterocycles. The number of hydrogen-bond donors (Lipinski definition) is 2. The number of pyridine rings is 1. The SMILES string of the molecule is CCN1CCN(Cc2cc(F)c(NC(=O)Nc3cnc(-c4cnc(OCc5ccc(OC)cc5)c(OCCOCc5ccccc5)c4)nc3C)cc2C(F)(F)F)CC1. The Morgan fingerprint density at radius 1 is 0.828 bits per heavy atom. The number of carbonyl (C=O) groups excluding carboxylic acids is 1. The van der Waals surface area contributed by atoms with Gasteiger partial charge in [0.1, 0.15) is 24.8 Å². The van der Waals surface area contributed by atoms with Crippen molar-refractivity contribution < 1.29 is 41.3 Å². The van der Waals surface area contributed by atoms with Crippen LogP contribution < -0.4 is 24.8 Å². The van der Waals surface area contributed by atoms with Gasteiger partial charge in [-0.25, -0.2) is 24.1 Å². The molecule has 1 aliphatic rings. The Bertz CT molecular complexity index is 2130. The number of benzene rings is 3. The number of anilines is 2. The van der Waals surface area contributed by atoms with Crippen molar-refractivity contribution in [2.24, 2.45) is 0 Å². The van der Waals surface area contributed by atoms with Gasteiger partial charge in [-0.2, -0.15) is 13.2 Å². The van der Waals surface area contributed by atoms with Crippen LogP contribution in [-0.2, 0) is 30.7 Å². The molecule has 0 bridgehead atoms. The first-order chi connectivity index (χ1) is 28.0. The number of aryl methyl sites for hydroxylation is 1. The number of methoxy groups -OCH3 is 1. The van der Waals surface area contributed by atoms with Gasteiger partial charge in [0.25, 0.3) is 5.88 Å². The van der Waals surface area contributed by atoms with Gasteiger partial charge < -0.3 is 34.5 Å². The largest absolute Gasteiger partial charge is 0.497 e. The topological polar surface area (TPSA) is 123 Å². The number of halogens is 4. The zero-order chi connectivity index (χ0) is 41.1. The molecule has 306 valence electrons. The molecule has 2 N–H and O–H groups in total. The van der Waals surface area contributed by atoms with E-state index in [2.05, 4.69) is 30.5 Å². The first kappa shape index (κ1) is 41.8. The number of rotatable bonds is 16. The minimum atomic E-state index is -4.77. The molecular weight excluding hydrogens is 758 g/mol. The van der Waals surface area contributed by atoms with Gasteiger partial charge in [-0.05, 0) is 60.5 Å². The molecule has 0 atom stereocenters. The van der Waals surface area contributed by atoms with Gasteiger partial charge in [-0.3, -0.25) is 4.90 Å². The lowest BCUT2D eigenvalue weighted by molar-refractivity contribution is -0.138. The van der Waals surface area contributed by atoms with Crippen molar-refractivity contribution in [3.8, 4) is 28.8 Å². The standard InChI is InChI=1S/C42H45F4N7O5/c1-4-52-14-16-53(17-15-52)25-32-20-35(43)36(22-34(32)42(44,45)46)50-41(54)51-37-24-47-39(49-28(37)2)31-21-38(57-19-18-56-26-29-8-6-5-7-9-29)40(48-23-31)58-27-30-10-12-33(55-3)13-11-30/h5-13,20-24H,4,14-19,25-27H2,1-3H3,(H2,50,51,54). The lowest BCUT2D eigenvalue weighted by Crippen LogP contribution is -2.45. The summed E-state index contributed by atoms with van der Waals surface area (Å²) >= 11 is 0. The van der Waals surface area contributed by atoms with E-state index in [1.165, 1.54) is 12.4 Å². The van der Waals surface area contributed by atoms with E-state index in [4.69, 9.17) is 18.9 Å². The summed E-state index contributed by atoms with van der Waals surface area (Å²) in [5.74, 6) is 0.530.